The van der Waals surface area contributed by atoms with Gasteiger partial charge in [0.25, 0.3) is 0 Å². The number of rotatable bonds is 3. The van der Waals surface area contributed by atoms with Crippen LogP contribution in [0, 0.1) is 0 Å². The van der Waals surface area contributed by atoms with Crippen molar-refractivity contribution in [2.45, 2.75) is 25.6 Å². The molecule has 0 bridgehead atoms. The molecule has 0 N–H and O–H groups in total. The van der Waals surface area contributed by atoms with Crippen molar-refractivity contribution in [3.8, 4) is 0 Å². The first-order valence-corrected chi connectivity index (χ1v) is 5.59. The molecule has 1 atom stereocenters. The minimum Gasteiger partial charge on any atom is -0.459 e. The van der Waals surface area contributed by atoms with E-state index in [0.717, 1.165) is 5.56 Å². The maximum Gasteiger partial charge on any atom is 0.335 e. The molecule has 1 saturated heterocycles. The number of benzene rings is 1. The Hall–Kier alpha value is -1.68. The highest BCUT2D eigenvalue weighted by molar-refractivity contribution is 5.83. The van der Waals surface area contributed by atoms with Crippen LogP contribution < -0.4 is 0 Å². The van der Waals surface area contributed by atoms with Gasteiger partial charge < -0.3 is 9.47 Å². The molecule has 0 spiro atoms. The number of esters is 1. The average molecular weight is 234 g/mol. The smallest absolute Gasteiger partial charge is 0.335 e. The van der Waals surface area contributed by atoms with Gasteiger partial charge in [-0.1, -0.05) is 30.3 Å². The third-order valence-corrected chi connectivity index (χ3v) is 2.62. The van der Waals surface area contributed by atoms with Crippen molar-refractivity contribution in [2.75, 3.05) is 6.61 Å². The number of Topliss-reactive ketones (excluding diaryl/α,β-unsaturated/α-hetero) is 1. The lowest BCUT2D eigenvalue weighted by molar-refractivity contribution is -0.163. The summed E-state index contributed by atoms with van der Waals surface area (Å²) >= 11 is 0. The van der Waals surface area contributed by atoms with E-state index in [1.165, 1.54) is 0 Å². The zero-order valence-corrected chi connectivity index (χ0v) is 9.43. The Bertz CT molecular complexity index is 389. The van der Waals surface area contributed by atoms with E-state index in [1.807, 2.05) is 30.3 Å². The molecule has 0 aliphatic carbocycles. The quantitative estimate of drug-likeness (QED) is 0.743. The third kappa shape index (κ3) is 3.39. The van der Waals surface area contributed by atoms with Gasteiger partial charge in [-0.25, -0.2) is 4.79 Å². The summed E-state index contributed by atoms with van der Waals surface area (Å²) in [6.07, 6.45) is 0.230. The molecule has 2 rings (SSSR count). The molecule has 90 valence electrons. The summed E-state index contributed by atoms with van der Waals surface area (Å²) in [5, 5.41) is 0. The summed E-state index contributed by atoms with van der Waals surface area (Å²) in [6, 6.07) is 9.45. The molecule has 0 saturated carbocycles. The van der Waals surface area contributed by atoms with Gasteiger partial charge in [-0.05, 0) is 12.0 Å². The Balaban J connectivity index is 1.80. The molecule has 0 unspecified atom stereocenters. The number of carbonyl (C=O) groups excluding carboxylic acids is 2. The molecule has 4 heteroatoms. The van der Waals surface area contributed by atoms with Crippen molar-refractivity contribution >= 4 is 11.8 Å². The fourth-order valence-electron chi connectivity index (χ4n) is 1.65. The Morgan fingerprint density at radius 1 is 1.35 bits per heavy atom. The molecular weight excluding hydrogens is 220 g/mol. The Kier molecular flexibility index (Phi) is 3.88. The highest BCUT2D eigenvalue weighted by atomic mass is 16.6. The normalized spacial score (nSPS) is 20.0. The van der Waals surface area contributed by atoms with Gasteiger partial charge in [0.15, 0.2) is 11.9 Å². The first kappa shape index (κ1) is 11.8. The summed E-state index contributed by atoms with van der Waals surface area (Å²) < 4.78 is 10.2. The van der Waals surface area contributed by atoms with Crippen LogP contribution in [0.4, 0.5) is 0 Å². The minimum atomic E-state index is -0.587. The molecule has 0 aromatic heterocycles. The molecule has 1 aromatic rings. The molecular formula is C13H14O4. The van der Waals surface area contributed by atoms with Crippen LogP contribution >= 0.6 is 0 Å². The predicted octanol–water partition coefficient (Wildman–Crippen LogP) is 1.48. The largest absolute Gasteiger partial charge is 0.459 e. The van der Waals surface area contributed by atoms with Crippen molar-refractivity contribution in [2.24, 2.45) is 0 Å². The van der Waals surface area contributed by atoms with Crippen LogP contribution in [0.3, 0.4) is 0 Å². The molecule has 1 aliphatic rings. The summed E-state index contributed by atoms with van der Waals surface area (Å²) in [5.41, 5.74) is 0.938. The summed E-state index contributed by atoms with van der Waals surface area (Å²) in [7, 11) is 0. The fraction of sp³-hybridized carbons (Fsp3) is 0.385. The lowest BCUT2D eigenvalue weighted by atomic mass is 10.1. The van der Waals surface area contributed by atoms with Crippen LogP contribution in [0.1, 0.15) is 18.4 Å². The van der Waals surface area contributed by atoms with Gasteiger partial charge in [0, 0.05) is 6.42 Å². The van der Waals surface area contributed by atoms with Crippen LogP contribution in [0.2, 0.25) is 0 Å². The zero-order valence-electron chi connectivity index (χ0n) is 9.43. The summed E-state index contributed by atoms with van der Waals surface area (Å²) in [5.74, 6) is -0.349. The summed E-state index contributed by atoms with van der Waals surface area (Å²) in [6.45, 7) is 0.262. The van der Waals surface area contributed by atoms with Crippen molar-refractivity contribution in [1.29, 1.82) is 0 Å². The first-order chi connectivity index (χ1) is 8.25. The highest BCUT2D eigenvalue weighted by Gasteiger charge is 2.26. The molecule has 1 heterocycles. The number of hydrogen-bond donors (Lipinski definition) is 0. The monoisotopic (exact) mass is 234 g/mol. The van der Waals surface area contributed by atoms with Gasteiger partial charge in [0.2, 0.25) is 0 Å². The van der Waals surface area contributed by atoms with Crippen molar-refractivity contribution < 1.29 is 19.1 Å². The van der Waals surface area contributed by atoms with E-state index >= 15 is 0 Å². The number of carbonyl (C=O) groups is 2. The van der Waals surface area contributed by atoms with Crippen molar-refractivity contribution in [3.05, 3.63) is 35.9 Å². The topological polar surface area (TPSA) is 52.6 Å². The van der Waals surface area contributed by atoms with E-state index in [2.05, 4.69) is 0 Å². The third-order valence-electron chi connectivity index (χ3n) is 2.62. The van der Waals surface area contributed by atoms with Gasteiger partial charge in [-0.2, -0.15) is 0 Å². The number of ketones is 1. The van der Waals surface area contributed by atoms with Gasteiger partial charge in [0.1, 0.15) is 13.2 Å². The van der Waals surface area contributed by atoms with Crippen LogP contribution in [0.15, 0.2) is 30.3 Å². The van der Waals surface area contributed by atoms with Gasteiger partial charge in [0.05, 0.1) is 0 Å². The van der Waals surface area contributed by atoms with Gasteiger partial charge in [-0.15, -0.1) is 0 Å². The van der Waals surface area contributed by atoms with Crippen LogP contribution in [-0.2, 0) is 25.7 Å². The molecule has 1 fully saturated rings. The second-order valence-electron chi connectivity index (χ2n) is 3.97. The molecule has 1 aliphatic heterocycles. The number of ether oxygens (including phenoxy) is 2. The Morgan fingerprint density at radius 2 is 2.12 bits per heavy atom. The summed E-state index contributed by atoms with van der Waals surface area (Å²) in [4.78, 5) is 22.6. The van der Waals surface area contributed by atoms with Crippen molar-refractivity contribution in [1.82, 2.24) is 0 Å². The first-order valence-electron chi connectivity index (χ1n) is 5.59. The minimum absolute atomic E-state index is 0.0190. The van der Waals surface area contributed by atoms with E-state index in [4.69, 9.17) is 9.47 Å². The van der Waals surface area contributed by atoms with E-state index in [0.29, 0.717) is 12.8 Å². The lowest BCUT2D eigenvalue weighted by Gasteiger charge is -2.20. The molecule has 0 amide bonds. The second kappa shape index (κ2) is 5.59. The highest BCUT2D eigenvalue weighted by Crippen LogP contribution is 2.12. The predicted molar refractivity (Wildman–Crippen MR) is 60.2 cm³/mol. The van der Waals surface area contributed by atoms with E-state index in [-0.39, 0.29) is 25.0 Å². The Labute approximate surface area is 99.5 Å². The molecule has 0 radical (unpaired) electrons. The average Bonchev–Trinajstić information content (AvgIpc) is 2.38. The zero-order chi connectivity index (χ0) is 12.1. The standard InChI is InChI=1S/C13H14O4/c14-11-6-7-12(16-9-11)13(15)17-8-10-4-2-1-3-5-10/h1-5,12H,6-9H2/t12-/m1/s1. The van der Waals surface area contributed by atoms with Gasteiger partial charge >= 0.3 is 5.97 Å². The van der Waals surface area contributed by atoms with E-state index < -0.39 is 6.10 Å². The Morgan fingerprint density at radius 3 is 2.76 bits per heavy atom. The van der Waals surface area contributed by atoms with Crippen molar-refractivity contribution in [3.63, 3.8) is 0 Å². The molecule has 17 heavy (non-hydrogen) atoms. The second-order valence-corrected chi connectivity index (χ2v) is 3.97. The van der Waals surface area contributed by atoms with Crippen LogP contribution in [0.25, 0.3) is 0 Å². The van der Waals surface area contributed by atoms with Gasteiger partial charge in [-0.3, -0.25) is 4.79 Å². The maximum absolute atomic E-state index is 11.6. The number of hydrogen-bond acceptors (Lipinski definition) is 4. The van der Waals surface area contributed by atoms with Crippen LogP contribution in [0.5, 0.6) is 0 Å². The SMILES string of the molecule is O=C1CC[C@H](C(=O)OCc2ccccc2)OC1. The van der Waals surface area contributed by atoms with E-state index in [9.17, 15) is 9.59 Å². The maximum atomic E-state index is 11.6. The molecule has 1 aromatic carbocycles. The lowest BCUT2D eigenvalue weighted by Crippen LogP contribution is -2.33. The van der Waals surface area contributed by atoms with E-state index in [1.54, 1.807) is 0 Å². The van der Waals surface area contributed by atoms with Crippen LogP contribution in [-0.4, -0.2) is 24.5 Å². The molecule has 4 nitrogen and oxygen atoms in total. The fourth-order valence-corrected chi connectivity index (χ4v) is 1.65.